The fourth-order valence-corrected chi connectivity index (χ4v) is 5.18. The number of rotatable bonds is 3. The zero-order valence-electron chi connectivity index (χ0n) is 12.5. The molecule has 0 unspecified atom stereocenters. The topological polar surface area (TPSA) is 64.9 Å². The molecule has 0 aromatic carbocycles. The van der Waals surface area contributed by atoms with Gasteiger partial charge >= 0.3 is 0 Å². The van der Waals surface area contributed by atoms with Gasteiger partial charge in [0.1, 0.15) is 0 Å². The van der Waals surface area contributed by atoms with Crippen molar-refractivity contribution in [1.82, 2.24) is 10.1 Å². The maximum atomic E-state index is 6.02. The van der Waals surface area contributed by atoms with E-state index in [1.165, 1.54) is 32.1 Å². The summed E-state index contributed by atoms with van der Waals surface area (Å²) < 4.78 is 5.34. The van der Waals surface area contributed by atoms with Gasteiger partial charge in [0.15, 0.2) is 5.82 Å². The molecule has 0 radical (unpaired) electrons. The average molecular weight is 275 g/mol. The van der Waals surface area contributed by atoms with Crippen molar-refractivity contribution < 1.29 is 4.52 Å². The molecule has 110 valence electrons. The van der Waals surface area contributed by atoms with Gasteiger partial charge < -0.3 is 10.3 Å². The Morgan fingerprint density at radius 3 is 2.20 bits per heavy atom. The lowest BCUT2D eigenvalue weighted by Gasteiger charge is -2.54. The minimum atomic E-state index is -0.532. The Kier molecular flexibility index (Phi) is 2.75. The molecule has 5 rings (SSSR count). The molecular weight excluding hydrogens is 250 g/mol. The Morgan fingerprint density at radius 2 is 1.70 bits per heavy atom. The Morgan fingerprint density at radius 1 is 1.10 bits per heavy atom. The second-order valence-electron chi connectivity index (χ2n) is 8.04. The van der Waals surface area contributed by atoms with Crippen molar-refractivity contribution >= 4 is 0 Å². The number of hydrogen-bond donors (Lipinski definition) is 1. The quantitative estimate of drug-likeness (QED) is 0.921. The second kappa shape index (κ2) is 4.30. The van der Waals surface area contributed by atoms with E-state index in [1.807, 2.05) is 13.8 Å². The summed E-state index contributed by atoms with van der Waals surface area (Å²) in [6, 6.07) is 0. The van der Waals surface area contributed by atoms with Gasteiger partial charge in [-0.2, -0.15) is 4.98 Å². The molecule has 4 saturated carbocycles. The van der Waals surface area contributed by atoms with Crippen LogP contribution in [-0.4, -0.2) is 10.1 Å². The highest BCUT2D eigenvalue weighted by Gasteiger charge is 2.48. The predicted octanol–water partition coefficient (Wildman–Crippen LogP) is 2.88. The highest BCUT2D eigenvalue weighted by molar-refractivity contribution is 5.03. The molecule has 4 aliphatic rings. The highest BCUT2D eigenvalue weighted by Crippen LogP contribution is 2.57. The van der Waals surface area contributed by atoms with Gasteiger partial charge in [-0.15, -0.1) is 0 Å². The SMILES string of the molecule is CC(C)(N)c1nc(CC2C3CC4CC(C3)CC2C4)no1. The largest absolute Gasteiger partial charge is 0.337 e. The van der Waals surface area contributed by atoms with Gasteiger partial charge in [-0.05, 0) is 75.5 Å². The molecule has 20 heavy (non-hydrogen) atoms. The van der Waals surface area contributed by atoms with E-state index in [-0.39, 0.29) is 0 Å². The molecule has 1 aromatic heterocycles. The molecule has 4 heteroatoms. The second-order valence-corrected chi connectivity index (χ2v) is 8.04. The van der Waals surface area contributed by atoms with Crippen LogP contribution >= 0.6 is 0 Å². The van der Waals surface area contributed by atoms with E-state index in [9.17, 15) is 0 Å². The van der Waals surface area contributed by atoms with Crippen LogP contribution in [0.25, 0.3) is 0 Å². The Hall–Kier alpha value is -0.900. The van der Waals surface area contributed by atoms with E-state index >= 15 is 0 Å². The summed E-state index contributed by atoms with van der Waals surface area (Å²) in [6.07, 6.45) is 8.30. The smallest absolute Gasteiger partial charge is 0.246 e. The molecule has 2 N–H and O–H groups in total. The first-order valence-electron chi connectivity index (χ1n) is 8.11. The maximum Gasteiger partial charge on any atom is 0.246 e. The summed E-state index contributed by atoms with van der Waals surface area (Å²) in [5.41, 5.74) is 5.49. The minimum Gasteiger partial charge on any atom is -0.337 e. The third-order valence-corrected chi connectivity index (χ3v) is 5.86. The molecule has 4 aliphatic carbocycles. The average Bonchev–Trinajstić information content (AvgIpc) is 2.81. The summed E-state index contributed by atoms with van der Waals surface area (Å²) in [5.74, 6) is 6.11. The van der Waals surface area contributed by atoms with Crippen molar-refractivity contribution in [3.05, 3.63) is 11.7 Å². The van der Waals surface area contributed by atoms with Gasteiger partial charge in [-0.25, -0.2) is 0 Å². The van der Waals surface area contributed by atoms with E-state index in [2.05, 4.69) is 10.1 Å². The van der Waals surface area contributed by atoms with Crippen LogP contribution in [0.4, 0.5) is 0 Å². The van der Waals surface area contributed by atoms with Crippen LogP contribution in [-0.2, 0) is 12.0 Å². The lowest BCUT2D eigenvalue weighted by molar-refractivity contribution is -0.0368. The van der Waals surface area contributed by atoms with Gasteiger partial charge in [0.05, 0.1) is 5.54 Å². The number of hydrogen-bond acceptors (Lipinski definition) is 4. The van der Waals surface area contributed by atoms with Crippen LogP contribution in [0.3, 0.4) is 0 Å². The number of aromatic nitrogens is 2. The standard InChI is InChI=1S/C16H25N3O/c1-16(2,17)15-18-14(19-20-15)8-13-11-4-9-3-10(6-11)7-12(13)5-9/h9-13H,3-8,17H2,1-2H3. The van der Waals surface area contributed by atoms with Crippen molar-refractivity contribution in [2.45, 2.75) is 57.9 Å². The van der Waals surface area contributed by atoms with Gasteiger partial charge in [0, 0.05) is 6.42 Å². The van der Waals surface area contributed by atoms with Crippen LogP contribution in [0.2, 0.25) is 0 Å². The number of nitrogens with zero attached hydrogens (tertiary/aromatic N) is 2. The zero-order chi connectivity index (χ0) is 13.9. The molecular formula is C16H25N3O. The normalized spacial score (nSPS) is 39.5. The van der Waals surface area contributed by atoms with Crippen molar-refractivity contribution in [2.75, 3.05) is 0 Å². The Labute approximate surface area is 120 Å². The fourth-order valence-electron chi connectivity index (χ4n) is 5.18. The monoisotopic (exact) mass is 275 g/mol. The summed E-state index contributed by atoms with van der Waals surface area (Å²) in [4.78, 5) is 4.53. The molecule has 0 aliphatic heterocycles. The van der Waals surface area contributed by atoms with Gasteiger partial charge in [0.25, 0.3) is 0 Å². The van der Waals surface area contributed by atoms with Crippen LogP contribution in [0.15, 0.2) is 4.52 Å². The van der Waals surface area contributed by atoms with E-state index in [0.29, 0.717) is 5.89 Å². The summed E-state index contributed by atoms with van der Waals surface area (Å²) in [6.45, 7) is 3.82. The molecule has 4 bridgehead atoms. The third kappa shape index (κ3) is 2.09. The molecule has 0 atom stereocenters. The van der Waals surface area contributed by atoms with Crippen LogP contribution in [0.5, 0.6) is 0 Å². The summed E-state index contributed by atoms with van der Waals surface area (Å²) in [5, 5.41) is 4.17. The molecule has 0 spiro atoms. The third-order valence-electron chi connectivity index (χ3n) is 5.86. The first-order valence-corrected chi connectivity index (χ1v) is 8.11. The molecule has 4 fully saturated rings. The Bertz CT molecular complexity index is 474. The highest BCUT2D eigenvalue weighted by atomic mass is 16.5. The lowest BCUT2D eigenvalue weighted by Crippen LogP contribution is -2.45. The fraction of sp³-hybridized carbons (Fsp3) is 0.875. The molecule has 0 amide bonds. The van der Waals surface area contributed by atoms with Crippen molar-refractivity contribution in [2.24, 2.45) is 35.3 Å². The molecule has 4 nitrogen and oxygen atoms in total. The van der Waals surface area contributed by atoms with E-state index in [4.69, 9.17) is 10.3 Å². The summed E-state index contributed by atoms with van der Waals surface area (Å²) >= 11 is 0. The summed E-state index contributed by atoms with van der Waals surface area (Å²) in [7, 11) is 0. The van der Waals surface area contributed by atoms with Crippen molar-refractivity contribution in [1.29, 1.82) is 0 Å². The van der Waals surface area contributed by atoms with Gasteiger partial charge in [-0.1, -0.05) is 5.16 Å². The van der Waals surface area contributed by atoms with E-state index in [0.717, 1.165) is 41.8 Å². The zero-order valence-corrected chi connectivity index (χ0v) is 12.5. The van der Waals surface area contributed by atoms with Crippen LogP contribution in [0, 0.1) is 29.6 Å². The van der Waals surface area contributed by atoms with E-state index in [1.54, 1.807) is 0 Å². The van der Waals surface area contributed by atoms with Crippen LogP contribution in [0.1, 0.15) is 57.7 Å². The lowest BCUT2D eigenvalue weighted by atomic mass is 9.51. The van der Waals surface area contributed by atoms with E-state index < -0.39 is 5.54 Å². The predicted molar refractivity (Wildman–Crippen MR) is 75.8 cm³/mol. The van der Waals surface area contributed by atoms with Gasteiger partial charge in [0.2, 0.25) is 5.89 Å². The first-order chi connectivity index (χ1) is 9.49. The number of nitrogens with two attached hydrogens (primary N) is 1. The van der Waals surface area contributed by atoms with Crippen LogP contribution < -0.4 is 5.73 Å². The molecule has 1 aromatic rings. The molecule has 1 heterocycles. The molecule has 0 saturated heterocycles. The first kappa shape index (κ1) is 12.8. The van der Waals surface area contributed by atoms with Crippen molar-refractivity contribution in [3.63, 3.8) is 0 Å². The maximum absolute atomic E-state index is 6.02. The minimum absolute atomic E-state index is 0.532. The van der Waals surface area contributed by atoms with Gasteiger partial charge in [-0.3, -0.25) is 0 Å². The van der Waals surface area contributed by atoms with Crippen molar-refractivity contribution in [3.8, 4) is 0 Å². The Balaban J connectivity index is 1.50.